The molecule has 4 rings (SSSR count). The monoisotopic (exact) mass is 455 g/mol. The van der Waals surface area contributed by atoms with Gasteiger partial charge in [0.25, 0.3) is 17.4 Å². The molecule has 0 saturated heterocycles. The molecule has 0 aliphatic carbocycles. The number of carbonyl (C=O) groups excluding carboxylic acids is 3. The van der Waals surface area contributed by atoms with E-state index in [1.807, 2.05) is 30.3 Å². The number of nitrogens with zero attached hydrogens (tertiary/aromatic N) is 2. The zero-order chi connectivity index (χ0) is 23.9. The van der Waals surface area contributed by atoms with Gasteiger partial charge in [-0.25, -0.2) is 4.98 Å². The van der Waals surface area contributed by atoms with E-state index in [-0.39, 0.29) is 29.3 Å². The highest BCUT2D eigenvalue weighted by atomic mass is 16.2. The molecule has 4 aromatic rings. The Balaban J connectivity index is 1.45. The van der Waals surface area contributed by atoms with Crippen LogP contribution in [0.1, 0.15) is 26.3 Å². The second kappa shape index (κ2) is 10.2. The average molecular weight is 455 g/mol. The molecule has 2 aromatic heterocycles. The molecule has 0 spiro atoms. The van der Waals surface area contributed by atoms with E-state index in [4.69, 9.17) is 0 Å². The Labute approximate surface area is 194 Å². The molecule has 3 N–H and O–H groups in total. The van der Waals surface area contributed by atoms with Crippen molar-refractivity contribution in [2.75, 3.05) is 11.9 Å². The number of fused-ring (bicyclic) bond motifs is 1. The quantitative estimate of drug-likeness (QED) is 0.394. The number of pyridine rings is 1. The third-order valence-electron chi connectivity index (χ3n) is 5.00. The Morgan fingerprint density at radius 1 is 0.824 bits per heavy atom. The number of aromatic nitrogens is 2. The van der Waals surface area contributed by atoms with Gasteiger partial charge in [-0.2, -0.15) is 0 Å². The Hall–Kier alpha value is -4.79. The van der Waals surface area contributed by atoms with Gasteiger partial charge in [-0.05, 0) is 29.8 Å². The molecule has 9 nitrogen and oxygen atoms in total. The predicted molar refractivity (Wildman–Crippen MR) is 126 cm³/mol. The summed E-state index contributed by atoms with van der Waals surface area (Å²) in [5, 5.41) is 7.81. The van der Waals surface area contributed by atoms with Gasteiger partial charge in [0.2, 0.25) is 5.91 Å². The minimum absolute atomic E-state index is 0.0239. The maximum Gasteiger partial charge on any atom is 0.281 e. The Morgan fingerprint density at radius 2 is 1.53 bits per heavy atom. The maximum atomic E-state index is 12.9. The molecular formula is C25H21N5O4. The van der Waals surface area contributed by atoms with Crippen molar-refractivity contribution in [3.8, 4) is 0 Å². The van der Waals surface area contributed by atoms with Crippen molar-refractivity contribution in [2.45, 2.75) is 6.54 Å². The van der Waals surface area contributed by atoms with Crippen molar-refractivity contribution < 1.29 is 14.4 Å². The highest BCUT2D eigenvalue weighted by molar-refractivity contribution is 6.04. The second-order valence-electron chi connectivity index (χ2n) is 7.36. The highest BCUT2D eigenvalue weighted by Crippen LogP contribution is 2.10. The fourth-order valence-electron chi connectivity index (χ4n) is 3.27. The topological polar surface area (TPSA) is 122 Å². The maximum absolute atomic E-state index is 12.9. The molecule has 0 radical (unpaired) electrons. The van der Waals surface area contributed by atoms with Crippen molar-refractivity contribution in [1.82, 2.24) is 20.0 Å². The van der Waals surface area contributed by atoms with E-state index in [9.17, 15) is 19.2 Å². The fraction of sp³-hybridized carbons (Fsp3) is 0.0800. The summed E-state index contributed by atoms with van der Waals surface area (Å²) in [6, 6.07) is 20.9. The molecule has 9 heteroatoms. The van der Waals surface area contributed by atoms with Crippen LogP contribution >= 0.6 is 0 Å². The average Bonchev–Trinajstić information content (AvgIpc) is 2.88. The molecule has 0 bridgehead atoms. The van der Waals surface area contributed by atoms with Crippen LogP contribution in [-0.2, 0) is 11.3 Å². The standard InChI is InChI=1S/C25H21N5O4/c31-21(26-14-17-8-3-1-4-9-17)16-28-24(33)19-12-7-13-30-22(19)27-15-20(25(30)34)29-23(32)18-10-5-2-6-11-18/h1-13,15H,14,16H2,(H,26,31)(H,28,33)(H,29,32). The normalized spacial score (nSPS) is 10.5. The smallest absolute Gasteiger partial charge is 0.281 e. The van der Waals surface area contributed by atoms with Gasteiger partial charge in [-0.1, -0.05) is 48.5 Å². The molecule has 0 aliphatic rings. The number of carbonyl (C=O) groups is 3. The summed E-state index contributed by atoms with van der Waals surface area (Å²) in [6.45, 7) is 0.112. The van der Waals surface area contributed by atoms with E-state index in [0.29, 0.717) is 12.1 Å². The third-order valence-corrected chi connectivity index (χ3v) is 5.00. The number of benzene rings is 2. The van der Waals surface area contributed by atoms with Crippen molar-refractivity contribution in [2.24, 2.45) is 0 Å². The van der Waals surface area contributed by atoms with Crippen LogP contribution in [0.2, 0.25) is 0 Å². The zero-order valence-electron chi connectivity index (χ0n) is 18.0. The van der Waals surface area contributed by atoms with Crippen LogP contribution in [0.4, 0.5) is 5.69 Å². The zero-order valence-corrected chi connectivity index (χ0v) is 18.0. The molecule has 0 unspecified atom stereocenters. The van der Waals surface area contributed by atoms with Gasteiger partial charge in [-0.3, -0.25) is 23.6 Å². The van der Waals surface area contributed by atoms with Gasteiger partial charge in [0, 0.05) is 18.3 Å². The Kier molecular flexibility index (Phi) is 6.73. The lowest BCUT2D eigenvalue weighted by molar-refractivity contribution is -0.120. The number of anilines is 1. The SMILES string of the molecule is O=C(CNC(=O)c1cccn2c(=O)c(NC(=O)c3ccccc3)cnc12)NCc1ccccc1. The predicted octanol–water partition coefficient (Wildman–Crippen LogP) is 1.99. The van der Waals surface area contributed by atoms with Gasteiger partial charge in [-0.15, -0.1) is 0 Å². The number of amides is 3. The van der Waals surface area contributed by atoms with E-state index < -0.39 is 17.4 Å². The largest absolute Gasteiger partial charge is 0.350 e. The first-order chi connectivity index (χ1) is 16.5. The first-order valence-corrected chi connectivity index (χ1v) is 10.5. The lowest BCUT2D eigenvalue weighted by Gasteiger charge is -2.10. The van der Waals surface area contributed by atoms with Gasteiger partial charge >= 0.3 is 0 Å². The first kappa shape index (κ1) is 22.4. The summed E-state index contributed by atoms with van der Waals surface area (Å²) in [5.41, 5.74) is 0.998. The Bertz CT molecular complexity index is 1400. The van der Waals surface area contributed by atoms with Gasteiger partial charge in [0.15, 0.2) is 5.65 Å². The summed E-state index contributed by atoms with van der Waals surface area (Å²) in [5.74, 6) is -1.36. The molecular weight excluding hydrogens is 434 g/mol. The highest BCUT2D eigenvalue weighted by Gasteiger charge is 2.16. The minimum Gasteiger partial charge on any atom is -0.350 e. The van der Waals surface area contributed by atoms with E-state index in [0.717, 1.165) is 5.56 Å². The summed E-state index contributed by atoms with van der Waals surface area (Å²) in [6.07, 6.45) is 2.66. The van der Waals surface area contributed by atoms with Crippen molar-refractivity contribution in [1.29, 1.82) is 0 Å². The van der Waals surface area contributed by atoms with Crippen molar-refractivity contribution >= 4 is 29.1 Å². The molecule has 0 saturated carbocycles. The van der Waals surface area contributed by atoms with E-state index >= 15 is 0 Å². The van der Waals surface area contributed by atoms with Crippen LogP contribution in [-0.4, -0.2) is 33.7 Å². The van der Waals surface area contributed by atoms with Crippen molar-refractivity contribution in [3.05, 3.63) is 112 Å². The second-order valence-corrected chi connectivity index (χ2v) is 7.36. The van der Waals surface area contributed by atoms with Crippen LogP contribution in [0.5, 0.6) is 0 Å². The summed E-state index contributed by atoms with van der Waals surface area (Å²) in [7, 11) is 0. The fourth-order valence-corrected chi connectivity index (χ4v) is 3.27. The molecule has 170 valence electrons. The van der Waals surface area contributed by atoms with E-state index in [2.05, 4.69) is 20.9 Å². The molecule has 0 aliphatic heterocycles. The lowest BCUT2D eigenvalue weighted by Crippen LogP contribution is -2.37. The molecule has 0 fully saturated rings. The van der Waals surface area contributed by atoms with Crippen molar-refractivity contribution in [3.63, 3.8) is 0 Å². The molecule has 2 heterocycles. The molecule has 2 aromatic carbocycles. The molecule has 34 heavy (non-hydrogen) atoms. The first-order valence-electron chi connectivity index (χ1n) is 10.5. The molecule has 3 amide bonds. The summed E-state index contributed by atoms with van der Waals surface area (Å²) < 4.78 is 1.17. The molecule has 0 atom stereocenters. The number of hydrogen-bond acceptors (Lipinski definition) is 5. The minimum atomic E-state index is -0.555. The third kappa shape index (κ3) is 5.16. The summed E-state index contributed by atoms with van der Waals surface area (Å²) in [4.78, 5) is 54.2. The van der Waals surface area contributed by atoms with Crippen LogP contribution in [0.3, 0.4) is 0 Å². The van der Waals surface area contributed by atoms with Gasteiger partial charge in [0.05, 0.1) is 18.3 Å². The number of nitrogens with one attached hydrogen (secondary N) is 3. The number of hydrogen-bond donors (Lipinski definition) is 3. The van der Waals surface area contributed by atoms with Gasteiger partial charge < -0.3 is 16.0 Å². The van der Waals surface area contributed by atoms with Crippen LogP contribution < -0.4 is 21.5 Å². The Morgan fingerprint density at radius 3 is 2.26 bits per heavy atom. The van der Waals surface area contributed by atoms with Crippen LogP contribution in [0.15, 0.2) is 90.0 Å². The van der Waals surface area contributed by atoms with Crippen LogP contribution in [0, 0.1) is 0 Å². The number of rotatable bonds is 7. The summed E-state index contributed by atoms with van der Waals surface area (Å²) >= 11 is 0. The van der Waals surface area contributed by atoms with E-state index in [1.165, 1.54) is 28.9 Å². The van der Waals surface area contributed by atoms with E-state index in [1.54, 1.807) is 30.3 Å². The lowest BCUT2D eigenvalue weighted by atomic mass is 10.2. The van der Waals surface area contributed by atoms with Gasteiger partial charge in [0.1, 0.15) is 5.69 Å². The van der Waals surface area contributed by atoms with Crippen LogP contribution in [0.25, 0.3) is 5.65 Å².